The number of halogens is 1. The fraction of sp³-hybridized carbons (Fsp3) is 0.364. The van der Waals surface area contributed by atoms with Crippen LogP contribution in [0.25, 0.3) is 0 Å². The summed E-state index contributed by atoms with van der Waals surface area (Å²) < 4.78 is 26.4. The zero-order valence-electron chi connectivity index (χ0n) is 10.1. The quantitative estimate of drug-likeness (QED) is 0.748. The van der Waals surface area contributed by atoms with E-state index in [2.05, 4.69) is 0 Å². The Labute approximate surface area is 111 Å². The molecule has 0 heterocycles. The number of rotatable bonds is 6. The maximum Gasteiger partial charge on any atom is 0.532 e. The lowest BCUT2D eigenvalue weighted by Crippen LogP contribution is -2.07. The molecule has 7 heteroatoms. The molecule has 0 unspecified atom stereocenters. The number of carbonyl (C=O) groups is 1. The van der Waals surface area contributed by atoms with Crippen molar-refractivity contribution < 1.29 is 22.9 Å². The molecule has 100 valence electrons. The summed E-state index contributed by atoms with van der Waals surface area (Å²) in [6.07, 6.45) is 0. The maximum atomic E-state index is 12.0. The average molecular weight is 293 g/mol. The van der Waals surface area contributed by atoms with E-state index in [4.69, 9.17) is 25.2 Å². The third kappa shape index (κ3) is 4.42. The molecular weight excluding hydrogens is 279 g/mol. The molecule has 0 saturated heterocycles. The van der Waals surface area contributed by atoms with Crippen molar-refractivity contribution in [3.63, 3.8) is 0 Å². The highest BCUT2D eigenvalue weighted by Crippen LogP contribution is 2.49. The number of hydrogen-bond donors (Lipinski definition) is 0. The van der Waals surface area contributed by atoms with Crippen LogP contribution in [0.1, 0.15) is 24.2 Å². The Bertz CT molecular complexity index is 435. The van der Waals surface area contributed by atoms with Crippen molar-refractivity contribution in [2.45, 2.75) is 13.8 Å². The zero-order chi connectivity index (χ0) is 13.6. The number of phosphoric ester groups is 1. The normalized spacial score (nSPS) is 11.3. The van der Waals surface area contributed by atoms with Crippen molar-refractivity contribution in [2.24, 2.45) is 0 Å². The van der Waals surface area contributed by atoms with Gasteiger partial charge in [-0.2, -0.15) is 0 Å². The van der Waals surface area contributed by atoms with Crippen molar-refractivity contribution in [2.75, 3.05) is 13.2 Å². The molecule has 1 aromatic rings. The van der Waals surface area contributed by atoms with Gasteiger partial charge in [-0.25, -0.2) is 9.36 Å². The third-order valence-electron chi connectivity index (χ3n) is 1.85. The van der Waals surface area contributed by atoms with Gasteiger partial charge < -0.3 is 4.52 Å². The predicted molar refractivity (Wildman–Crippen MR) is 67.7 cm³/mol. The van der Waals surface area contributed by atoms with E-state index in [0.29, 0.717) is 5.02 Å². The van der Waals surface area contributed by atoms with Gasteiger partial charge in [0.1, 0.15) is 0 Å². The first-order valence-electron chi connectivity index (χ1n) is 5.39. The van der Waals surface area contributed by atoms with Crippen LogP contribution in [-0.2, 0) is 18.1 Å². The topological polar surface area (TPSA) is 61.8 Å². The zero-order valence-corrected chi connectivity index (χ0v) is 11.7. The largest absolute Gasteiger partial charge is 0.532 e. The molecule has 1 aromatic carbocycles. The molecular formula is C11H14ClO5P. The van der Waals surface area contributed by atoms with E-state index in [1.54, 1.807) is 13.8 Å². The van der Waals surface area contributed by atoms with Crippen LogP contribution in [0.4, 0.5) is 0 Å². The van der Waals surface area contributed by atoms with Crippen LogP contribution >= 0.6 is 19.4 Å². The number of carbonyl (C=O) groups excluding carboxylic acids is 1. The van der Waals surface area contributed by atoms with Crippen LogP contribution in [0.15, 0.2) is 24.3 Å². The van der Waals surface area contributed by atoms with Crippen LogP contribution in [0.5, 0.6) is 0 Å². The maximum absolute atomic E-state index is 12.0. The van der Waals surface area contributed by atoms with E-state index in [1.807, 2.05) is 0 Å². The minimum atomic E-state index is -3.84. The minimum Gasteiger partial charge on any atom is -0.367 e. The van der Waals surface area contributed by atoms with Crippen LogP contribution in [0, 0.1) is 0 Å². The van der Waals surface area contributed by atoms with E-state index in [-0.39, 0.29) is 18.8 Å². The summed E-state index contributed by atoms with van der Waals surface area (Å²) in [7, 11) is -3.84. The molecule has 0 fully saturated rings. The average Bonchev–Trinajstić information content (AvgIpc) is 2.30. The Morgan fingerprint density at radius 2 is 1.67 bits per heavy atom. The molecule has 0 aromatic heterocycles. The second-order valence-electron chi connectivity index (χ2n) is 3.17. The van der Waals surface area contributed by atoms with E-state index in [9.17, 15) is 9.36 Å². The minimum absolute atomic E-state index is 0.116. The van der Waals surface area contributed by atoms with Gasteiger partial charge in [0.05, 0.1) is 18.8 Å². The van der Waals surface area contributed by atoms with Gasteiger partial charge in [-0.3, -0.25) is 9.05 Å². The first-order valence-corrected chi connectivity index (χ1v) is 7.23. The van der Waals surface area contributed by atoms with Crippen molar-refractivity contribution in [3.05, 3.63) is 34.9 Å². The smallest absolute Gasteiger partial charge is 0.367 e. The number of phosphoric acid groups is 1. The van der Waals surface area contributed by atoms with Crippen molar-refractivity contribution >= 4 is 25.4 Å². The monoisotopic (exact) mass is 292 g/mol. The molecule has 0 saturated carbocycles. The summed E-state index contributed by atoms with van der Waals surface area (Å²) in [6, 6.07) is 5.99. The summed E-state index contributed by atoms with van der Waals surface area (Å²) in [6.45, 7) is 3.49. The molecule has 0 amide bonds. The lowest BCUT2D eigenvalue weighted by molar-refractivity contribution is 0.0606. The van der Waals surface area contributed by atoms with Gasteiger partial charge in [0, 0.05) is 5.02 Å². The molecule has 0 radical (unpaired) electrons. The van der Waals surface area contributed by atoms with Crippen molar-refractivity contribution in [1.29, 1.82) is 0 Å². The summed E-state index contributed by atoms with van der Waals surface area (Å²) >= 11 is 5.69. The van der Waals surface area contributed by atoms with Crippen LogP contribution in [0.3, 0.4) is 0 Å². The Morgan fingerprint density at radius 3 is 2.11 bits per heavy atom. The highest BCUT2D eigenvalue weighted by molar-refractivity contribution is 7.49. The lowest BCUT2D eigenvalue weighted by atomic mass is 10.2. The van der Waals surface area contributed by atoms with E-state index in [1.165, 1.54) is 24.3 Å². The summed E-state index contributed by atoms with van der Waals surface area (Å²) in [5, 5.41) is 0.490. The number of hydrogen-bond acceptors (Lipinski definition) is 5. The molecule has 0 aliphatic rings. The molecule has 0 aliphatic carbocycles. The predicted octanol–water partition coefficient (Wildman–Crippen LogP) is 3.68. The Kier molecular flexibility index (Phi) is 5.82. The third-order valence-corrected chi connectivity index (χ3v) is 3.64. The van der Waals surface area contributed by atoms with Crippen LogP contribution < -0.4 is 0 Å². The van der Waals surface area contributed by atoms with E-state index >= 15 is 0 Å². The van der Waals surface area contributed by atoms with Gasteiger partial charge >= 0.3 is 13.8 Å². The fourth-order valence-electron chi connectivity index (χ4n) is 1.15. The highest BCUT2D eigenvalue weighted by Gasteiger charge is 2.30. The Morgan fingerprint density at radius 1 is 1.17 bits per heavy atom. The van der Waals surface area contributed by atoms with Gasteiger partial charge in [0.2, 0.25) is 0 Å². The molecule has 0 spiro atoms. The summed E-state index contributed by atoms with van der Waals surface area (Å²) in [5.74, 6) is -0.781. The van der Waals surface area contributed by atoms with Crippen LogP contribution in [-0.4, -0.2) is 19.2 Å². The second-order valence-corrected chi connectivity index (χ2v) is 5.20. The number of benzene rings is 1. The first-order chi connectivity index (χ1) is 8.50. The van der Waals surface area contributed by atoms with Gasteiger partial charge in [0.25, 0.3) is 0 Å². The van der Waals surface area contributed by atoms with Crippen LogP contribution in [0.2, 0.25) is 5.02 Å². The van der Waals surface area contributed by atoms with Gasteiger partial charge in [-0.05, 0) is 38.1 Å². The SMILES string of the molecule is CCOP(=O)(OCC)OC(=O)c1ccc(Cl)cc1. The molecule has 5 nitrogen and oxygen atoms in total. The molecule has 18 heavy (non-hydrogen) atoms. The first kappa shape index (κ1) is 15.2. The summed E-state index contributed by atoms with van der Waals surface area (Å²) in [4.78, 5) is 11.7. The molecule has 0 aliphatic heterocycles. The fourth-order valence-corrected chi connectivity index (χ4v) is 2.39. The highest BCUT2D eigenvalue weighted by atomic mass is 35.5. The summed E-state index contributed by atoms with van der Waals surface area (Å²) in [5.41, 5.74) is 0.221. The van der Waals surface area contributed by atoms with E-state index in [0.717, 1.165) is 0 Å². The van der Waals surface area contributed by atoms with Crippen molar-refractivity contribution in [1.82, 2.24) is 0 Å². The Hall–Kier alpha value is -0.870. The Balaban J connectivity index is 2.78. The van der Waals surface area contributed by atoms with Gasteiger partial charge in [0.15, 0.2) is 0 Å². The van der Waals surface area contributed by atoms with Gasteiger partial charge in [-0.1, -0.05) is 11.6 Å². The molecule has 1 rings (SSSR count). The van der Waals surface area contributed by atoms with Crippen molar-refractivity contribution in [3.8, 4) is 0 Å². The molecule has 0 bridgehead atoms. The van der Waals surface area contributed by atoms with Gasteiger partial charge in [-0.15, -0.1) is 0 Å². The molecule has 0 N–H and O–H groups in total. The second kappa shape index (κ2) is 6.90. The van der Waals surface area contributed by atoms with E-state index < -0.39 is 13.8 Å². The molecule has 0 atom stereocenters. The lowest BCUT2D eigenvalue weighted by Gasteiger charge is -2.15. The standard InChI is InChI=1S/C11H14ClO5P/c1-3-15-18(14,16-4-2)17-11(13)9-5-7-10(12)8-6-9/h5-8H,3-4H2,1-2H3.